The normalized spacial score (nSPS) is 14.8. The van der Waals surface area contributed by atoms with Crippen molar-refractivity contribution in [3.63, 3.8) is 0 Å². The zero-order valence-corrected chi connectivity index (χ0v) is 15.3. The molecule has 7 heteroatoms. The largest absolute Gasteiger partial charge is 0.486 e. The number of nitrogens with zero attached hydrogens (tertiary/aromatic N) is 3. The molecule has 1 aromatic heterocycles. The molecule has 0 saturated carbocycles. The lowest BCUT2D eigenvalue weighted by Crippen LogP contribution is -2.48. The van der Waals surface area contributed by atoms with Crippen LogP contribution in [0.4, 0.5) is 0 Å². The van der Waals surface area contributed by atoms with Gasteiger partial charge < -0.3 is 19.6 Å². The Morgan fingerprint density at radius 3 is 2.48 bits per heavy atom. The van der Waals surface area contributed by atoms with E-state index < -0.39 is 5.97 Å². The maximum atomic E-state index is 12.8. The number of benzene rings is 1. The number of hydrogen-bond donors (Lipinski definition) is 1. The molecule has 1 aliphatic rings. The summed E-state index contributed by atoms with van der Waals surface area (Å²) in [6, 6.07) is 10.9. The minimum absolute atomic E-state index is 0.101. The zero-order chi connectivity index (χ0) is 19.2. The van der Waals surface area contributed by atoms with Gasteiger partial charge in [0.1, 0.15) is 6.61 Å². The highest BCUT2D eigenvalue weighted by atomic mass is 16.5. The molecule has 1 amide bonds. The van der Waals surface area contributed by atoms with Crippen molar-refractivity contribution in [1.82, 2.24) is 14.8 Å². The molecule has 1 saturated heterocycles. The fourth-order valence-corrected chi connectivity index (χ4v) is 3.02. The number of pyridine rings is 1. The summed E-state index contributed by atoms with van der Waals surface area (Å²) in [6.45, 7) is 6.23. The van der Waals surface area contributed by atoms with Gasteiger partial charge in [-0.05, 0) is 18.2 Å². The van der Waals surface area contributed by atoms with E-state index in [1.54, 1.807) is 4.90 Å². The number of amides is 1. The second-order valence-electron chi connectivity index (χ2n) is 6.38. The van der Waals surface area contributed by atoms with Gasteiger partial charge >= 0.3 is 5.97 Å². The second kappa shape index (κ2) is 8.64. The van der Waals surface area contributed by atoms with E-state index in [2.05, 4.69) is 16.8 Å². The van der Waals surface area contributed by atoms with Crippen LogP contribution in [-0.4, -0.2) is 64.5 Å². The predicted molar refractivity (Wildman–Crippen MR) is 100.0 cm³/mol. The van der Waals surface area contributed by atoms with Gasteiger partial charge in [-0.1, -0.05) is 37.3 Å². The van der Waals surface area contributed by atoms with Crippen molar-refractivity contribution in [2.75, 3.05) is 32.7 Å². The Balaban J connectivity index is 1.76. The summed E-state index contributed by atoms with van der Waals surface area (Å²) in [6.07, 6.45) is 1.31. The van der Waals surface area contributed by atoms with Crippen LogP contribution in [0.2, 0.25) is 0 Å². The van der Waals surface area contributed by atoms with E-state index in [4.69, 9.17) is 4.74 Å². The van der Waals surface area contributed by atoms with Crippen LogP contribution in [0.3, 0.4) is 0 Å². The van der Waals surface area contributed by atoms with Crippen LogP contribution in [0.15, 0.2) is 42.6 Å². The van der Waals surface area contributed by atoms with E-state index in [9.17, 15) is 14.7 Å². The molecular weight excluding hydrogens is 346 g/mol. The number of likely N-dealkylation sites (N-methyl/N-ethyl adjacent to an activating group) is 1. The van der Waals surface area contributed by atoms with Crippen LogP contribution in [0.5, 0.6) is 5.75 Å². The Morgan fingerprint density at radius 2 is 1.85 bits per heavy atom. The minimum atomic E-state index is -1.19. The lowest BCUT2D eigenvalue weighted by atomic mass is 10.2. The van der Waals surface area contributed by atoms with E-state index in [0.717, 1.165) is 25.2 Å². The van der Waals surface area contributed by atoms with E-state index in [0.29, 0.717) is 18.7 Å². The smallest absolute Gasteiger partial charge is 0.358 e. The Kier molecular flexibility index (Phi) is 6.03. The van der Waals surface area contributed by atoms with Crippen molar-refractivity contribution in [3.05, 3.63) is 59.4 Å². The van der Waals surface area contributed by atoms with Crippen molar-refractivity contribution in [3.8, 4) is 5.75 Å². The summed E-state index contributed by atoms with van der Waals surface area (Å²) in [5, 5.41) is 9.35. The SMILES string of the molecule is CCN1CCN(C(=O)c2cnc(C(=O)O)c(OCc3ccccc3)c2)CC1. The number of aromatic nitrogens is 1. The molecule has 3 rings (SSSR count). The summed E-state index contributed by atoms with van der Waals surface area (Å²) in [5.74, 6) is -1.24. The molecule has 1 fully saturated rings. The first-order valence-corrected chi connectivity index (χ1v) is 9.00. The van der Waals surface area contributed by atoms with Crippen molar-refractivity contribution >= 4 is 11.9 Å². The molecule has 142 valence electrons. The molecular formula is C20H23N3O4. The highest BCUT2D eigenvalue weighted by molar-refractivity contribution is 5.96. The van der Waals surface area contributed by atoms with Gasteiger partial charge in [0.05, 0.1) is 5.56 Å². The molecule has 0 unspecified atom stereocenters. The number of carbonyl (C=O) groups excluding carboxylic acids is 1. The van der Waals surface area contributed by atoms with Gasteiger partial charge in [0.25, 0.3) is 5.91 Å². The number of carboxylic acids is 1. The van der Waals surface area contributed by atoms with E-state index in [1.807, 2.05) is 30.3 Å². The number of hydrogen-bond acceptors (Lipinski definition) is 5. The molecule has 2 aromatic rings. The Bertz CT molecular complexity index is 802. The van der Waals surface area contributed by atoms with Crippen LogP contribution in [0.25, 0.3) is 0 Å². The second-order valence-corrected chi connectivity index (χ2v) is 6.38. The third kappa shape index (κ3) is 4.62. The molecule has 0 aliphatic carbocycles. The Hall–Kier alpha value is -2.93. The fourth-order valence-electron chi connectivity index (χ4n) is 3.02. The molecule has 2 heterocycles. The number of ether oxygens (including phenoxy) is 1. The van der Waals surface area contributed by atoms with E-state index >= 15 is 0 Å². The lowest BCUT2D eigenvalue weighted by Gasteiger charge is -2.34. The van der Waals surface area contributed by atoms with Gasteiger partial charge in [-0.2, -0.15) is 0 Å². The molecule has 0 bridgehead atoms. The topological polar surface area (TPSA) is 83.0 Å². The summed E-state index contributed by atoms with van der Waals surface area (Å²) in [4.78, 5) is 32.2. The van der Waals surface area contributed by atoms with Gasteiger partial charge in [0, 0.05) is 32.4 Å². The Morgan fingerprint density at radius 1 is 1.15 bits per heavy atom. The van der Waals surface area contributed by atoms with Crippen LogP contribution in [0.1, 0.15) is 33.3 Å². The summed E-state index contributed by atoms with van der Waals surface area (Å²) < 4.78 is 5.67. The number of aromatic carboxylic acids is 1. The number of carbonyl (C=O) groups is 2. The highest BCUT2D eigenvalue weighted by Gasteiger charge is 2.23. The minimum Gasteiger partial charge on any atom is -0.486 e. The van der Waals surface area contributed by atoms with E-state index in [1.165, 1.54) is 12.3 Å². The molecule has 0 atom stereocenters. The highest BCUT2D eigenvalue weighted by Crippen LogP contribution is 2.21. The van der Waals surface area contributed by atoms with E-state index in [-0.39, 0.29) is 24.0 Å². The van der Waals surface area contributed by atoms with Crippen LogP contribution < -0.4 is 4.74 Å². The molecule has 1 aromatic carbocycles. The van der Waals surface area contributed by atoms with Crippen molar-refractivity contribution in [2.45, 2.75) is 13.5 Å². The first-order valence-electron chi connectivity index (χ1n) is 9.00. The summed E-state index contributed by atoms with van der Waals surface area (Å²) in [7, 11) is 0. The fraction of sp³-hybridized carbons (Fsp3) is 0.350. The predicted octanol–water partition coefficient (Wildman–Crippen LogP) is 2.14. The van der Waals surface area contributed by atoms with Gasteiger partial charge in [-0.15, -0.1) is 0 Å². The number of piperazine rings is 1. The maximum absolute atomic E-state index is 12.8. The molecule has 27 heavy (non-hydrogen) atoms. The van der Waals surface area contributed by atoms with Crippen LogP contribution >= 0.6 is 0 Å². The average Bonchev–Trinajstić information content (AvgIpc) is 2.72. The molecule has 7 nitrogen and oxygen atoms in total. The zero-order valence-electron chi connectivity index (χ0n) is 15.3. The monoisotopic (exact) mass is 369 g/mol. The van der Waals surface area contributed by atoms with Crippen LogP contribution in [-0.2, 0) is 6.61 Å². The maximum Gasteiger partial charge on any atom is 0.358 e. The molecule has 0 spiro atoms. The van der Waals surface area contributed by atoms with Gasteiger partial charge in [-0.3, -0.25) is 4.79 Å². The first-order chi connectivity index (χ1) is 13.1. The number of rotatable bonds is 6. The van der Waals surface area contributed by atoms with Crippen molar-refractivity contribution < 1.29 is 19.4 Å². The third-order valence-electron chi connectivity index (χ3n) is 4.65. The van der Waals surface area contributed by atoms with Gasteiger partial charge in [-0.25, -0.2) is 9.78 Å². The number of carboxylic acid groups (broad SMARTS) is 1. The quantitative estimate of drug-likeness (QED) is 0.840. The molecule has 0 radical (unpaired) electrons. The van der Waals surface area contributed by atoms with Crippen LogP contribution in [0, 0.1) is 0 Å². The van der Waals surface area contributed by atoms with Gasteiger partial charge in [0.2, 0.25) is 0 Å². The van der Waals surface area contributed by atoms with Gasteiger partial charge in [0.15, 0.2) is 11.4 Å². The summed E-state index contributed by atoms with van der Waals surface area (Å²) >= 11 is 0. The summed E-state index contributed by atoms with van der Waals surface area (Å²) in [5.41, 5.74) is 1.05. The Labute approximate surface area is 158 Å². The molecule has 1 aliphatic heterocycles. The third-order valence-corrected chi connectivity index (χ3v) is 4.65. The first kappa shape index (κ1) is 18.8. The van der Waals surface area contributed by atoms with Crippen molar-refractivity contribution in [1.29, 1.82) is 0 Å². The average molecular weight is 369 g/mol. The standard InChI is InChI=1S/C20H23N3O4/c1-2-22-8-10-23(11-9-22)19(24)16-12-17(18(20(25)26)21-13-16)27-14-15-6-4-3-5-7-15/h3-7,12-13H,2,8-11,14H2,1H3,(H,25,26). The van der Waals surface area contributed by atoms with Crippen molar-refractivity contribution in [2.24, 2.45) is 0 Å². The molecule has 1 N–H and O–H groups in total. The lowest BCUT2D eigenvalue weighted by molar-refractivity contribution is 0.0637.